The molecule has 0 aromatic heterocycles. The first-order valence-corrected chi connectivity index (χ1v) is 8.81. The standard InChI is InChI=1S/C18H17O5P/c19-17(20)11-9-13-5-1-3-7-15(13)24(23)16-8-4-2-6-14(16)10-12-18(21)22/h1-8H,9-12H2,(H-,19,20,21,22)/p+1. The Kier molecular flexibility index (Phi) is 6.21. The molecule has 0 radical (unpaired) electrons. The minimum Gasteiger partial charge on any atom is -0.481 e. The minimum atomic E-state index is -1.91. The van der Waals surface area contributed by atoms with Gasteiger partial charge in [0.2, 0.25) is 0 Å². The summed E-state index contributed by atoms with van der Waals surface area (Å²) in [4.78, 5) is 21.6. The predicted octanol–water partition coefficient (Wildman–Crippen LogP) is 2.50. The number of aliphatic carboxylic acids is 2. The molecule has 0 atom stereocenters. The SMILES string of the molecule is O=C(O)CCc1ccccc1[P+](=O)c1ccccc1CCC(=O)O. The Morgan fingerprint density at radius 2 is 1.12 bits per heavy atom. The third kappa shape index (κ3) is 4.74. The van der Waals surface area contributed by atoms with Crippen LogP contribution in [0, 0.1) is 0 Å². The molecule has 0 saturated carbocycles. The quantitative estimate of drug-likeness (QED) is 0.717. The van der Waals surface area contributed by atoms with Gasteiger partial charge in [-0.15, -0.1) is 0 Å². The summed E-state index contributed by atoms with van der Waals surface area (Å²) < 4.78 is 13.0. The Morgan fingerprint density at radius 3 is 1.50 bits per heavy atom. The topological polar surface area (TPSA) is 91.7 Å². The summed E-state index contributed by atoms with van der Waals surface area (Å²) >= 11 is 0. The molecule has 124 valence electrons. The summed E-state index contributed by atoms with van der Waals surface area (Å²) in [5.41, 5.74) is 1.49. The van der Waals surface area contributed by atoms with Gasteiger partial charge in [-0.25, -0.2) is 0 Å². The molecule has 0 spiro atoms. The van der Waals surface area contributed by atoms with Gasteiger partial charge in [0.25, 0.3) is 0 Å². The third-order valence-electron chi connectivity index (χ3n) is 3.64. The minimum absolute atomic E-state index is 0.0269. The number of hydrogen-bond acceptors (Lipinski definition) is 3. The zero-order valence-electron chi connectivity index (χ0n) is 13.0. The summed E-state index contributed by atoms with van der Waals surface area (Å²) in [6.45, 7) is 0. The van der Waals surface area contributed by atoms with E-state index in [0.29, 0.717) is 23.5 Å². The van der Waals surface area contributed by atoms with Gasteiger partial charge in [-0.3, -0.25) is 9.59 Å². The lowest BCUT2D eigenvalue weighted by Crippen LogP contribution is -2.16. The number of rotatable bonds is 8. The van der Waals surface area contributed by atoms with E-state index in [1.54, 1.807) is 48.5 Å². The van der Waals surface area contributed by atoms with Gasteiger partial charge in [0.15, 0.2) is 10.6 Å². The number of carboxylic acids is 2. The van der Waals surface area contributed by atoms with Crippen LogP contribution in [0.15, 0.2) is 48.5 Å². The van der Waals surface area contributed by atoms with Crippen LogP contribution in [0.2, 0.25) is 0 Å². The smallest absolute Gasteiger partial charge is 0.415 e. The summed E-state index contributed by atoms with van der Waals surface area (Å²) in [6, 6.07) is 14.2. The zero-order valence-corrected chi connectivity index (χ0v) is 13.9. The van der Waals surface area contributed by atoms with Crippen molar-refractivity contribution < 1.29 is 24.4 Å². The van der Waals surface area contributed by atoms with Gasteiger partial charge in [-0.05, 0) is 25.0 Å². The molecule has 2 aromatic rings. The number of benzene rings is 2. The second-order valence-electron chi connectivity index (χ2n) is 5.34. The molecule has 0 aliphatic heterocycles. The van der Waals surface area contributed by atoms with E-state index in [9.17, 15) is 14.2 Å². The highest BCUT2D eigenvalue weighted by atomic mass is 31.1. The molecule has 0 aliphatic carbocycles. The molecule has 0 unspecified atom stereocenters. The third-order valence-corrected chi connectivity index (χ3v) is 5.39. The summed E-state index contributed by atoms with van der Waals surface area (Å²) in [5, 5.41) is 18.9. The van der Waals surface area contributed by atoms with Crippen molar-refractivity contribution in [2.24, 2.45) is 0 Å². The average Bonchev–Trinajstić information content (AvgIpc) is 2.58. The highest BCUT2D eigenvalue weighted by Crippen LogP contribution is 2.25. The number of hydrogen-bond donors (Lipinski definition) is 2. The lowest BCUT2D eigenvalue weighted by atomic mass is 10.1. The molecule has 0 fully saturated rings. The first kappa shape index (κ1) is 17.8. The molecule has 2 aromatic carbocycles. The predicted molar refractivity (Wildman–Crippen MR) is 91.7 cm³/mol. The molecule has 0 aliphatic rings. The van der Waals surface area contributed by atoms with Crippen LogP contribution < -0.4 is 10.6 Å². The zero-order chi connectivity index (χ0) is 17.5. The average molecular weight is 345 g/mol. The van der Waals surface area contributed by atoms with E-state index in [0.717, 1.165) is 11.1 Å². The molecule has 0 amide bonds. The summed E-state index contributed by atoms with van der Waals surface area (Å²) in [5.74, 6) is -1.80. The van der Waals surface area contributed by atoms with Gasteiger partial charge in [-0.2, -0.15) is 0 Å². The van der Waals surface area contributed by atoms with E-state index in [1.807, 2.05) is 0 Å². The van der Waals surface area contributed by atoms with E-state index in [4.69, 9.17) is 10.2 Å². The Bertz CT molecular complexity index is 706. The van der Waals surface area contributed by atoms with Gasteiger partial charge in [0.1, 0.15) is 0 Å². The number of carbonyl (C=O) groups is 2. The van der Waals surface area contributed by atoms with Crippen LogP contribution >= 0.6 is 7.80 Å². The Hall–Kier alpha value is -2.52. The second-order valence-corrected chi connectivity index (χ2v) is 6.89. The van der Waals surface area contributed by atoms with Crippen molar-refractivity contribution in [3.63, 3.8) is 0 Å². The first-order chi connectivity index (χ1) is 11.5. The largest absolute Gasteiger partial charge is 0.481 e. The van der Waals surface area contributed by atoms with Crippen molar-refractivity contribution in [1.82, 2.24) is 0 Å². The van der Waals surface area contributed by atoms with Crippen LogP contribution in [-0.2, 0) is 27.0 Å². The van der Waals surface area contributed by atoms with E-state index in [2.05, 4.69) is 0 Å². The molecule has 2 rings (SSSR count). The maximum Gasteiger partial charge on any atom is 0.415 e. The Balaban J connectivity index is 2.32. The molecule has 5 nitrogen and oxygen atoms in total. The Morgan fingerprint density at radius 1 is 0.750 bits per heavy atom. The van der Waals surface area contributed by atoms with Crippen LogP contribution in [0.4, 0.5) is 0 Å². The van der Waals surface area contributed by atoms with E-state index < -0.39 is 19.7 Å². The van der Waals surface area contributed by atoms with Crippen molar-refractivity contribution in [2.75, 3.05) is 0 Å². The fourth-order valence-electron chi connectivity index (χ4n) is 2.45. The van der Waals surface area contributed by atoms with Gasteiger partial charge >= 0.3 is 19.7 Å². The van der Waals surface area contributed by atoms with Crippen molar-refractivity contribution >= 4 is 30.3 Å². The highest BCUT2D eigenvalue weighted by molar-refractivity contribution is 7.61. The van der Waals surface area contributed by atoms with Crippen LogP contribution in [0.5, 0.6) is 0 Å². The molecule has 0 bridgehead atoms. The first-order valence-electron chi connectivity index (χ1n) is 7.55. The van der Waals surface area contributed by atoms with Crippen molar-refractivity contribution in [3.8, 4) is 0 Å². The van der Waals surface area contributed by atoms with Crippen molar-refractivity contribution in [3.05, 3.63) is 59.7 Å². The monoisotopic (exact) mass is 345 g/mol. The van der Waals surface area contributed by atoms with Crippen molar-refractivity contribution in [2.45, 2.75) is 25.7 Å². The molecule has 0 saturated heterocycles. The maximum atomic E-state index is 13.0. The lowest BCUT2D eigenvalue weighted by Gasteiger charge is -2.03. The molecular weight excluding hydrogens is 327 g/mol. The lowest BCUT2D eigenvalue weighted by molar-refractivity contribution is -0.138. The molecule has 24 heavy (non-hydrogen) atoms. The van der Waals surface area contributed by atoms with Crippen LogP contribution in [-0.4, -0.2) is 22.2 Å². The number of aryl methyl sites for hydroxylation is 2. The second kappa shape index (κ2) is 8.37. The molecule has 0 heterocycles. The fraction of sp³-hybridized carbons (Fsp3) is 0.222. The maximum absolute atomic E-state index is 13.0. The van der Waals surface area contributed by atoms with Crippen LogP contribution in [0.1, 0.15) is 24.0 Å². The number of carboxylic acid groups (broad SMARTS) is 2. The van der Waals surface area contributed by atoms with E-state index in [1.165, 1.54) is 0 Å². The summed E-state index contributed by atoms with van der Waals surface area (Å²) in [7, 11) is -1.91. The van der Waals surface area contributed by atoms with Crippen LogP contribution in [0.25, 0.3) is 0 Å². The van der Waals surface area contributed by atoms with Crippen molar-refractivity contribution in [1.29, 1.82) is 0 Å². The van der Waals surface area contributed by atoms with Crippen LogP contribution in [0.3, 0.4) is 0 Å². The highest BCUT2D eigenvalue weighted by Gasteiger charge is 2.29. The van der Waals surface area contributed by atoms with Gasteiger partial charge in [0, 0.05) is 24.0 Å². The Labute approximate surface area is 140 Å². The molecule has 6 heteroatoms. The fourth-order valence-corrected chi connectivity index (χ4v) is 4.05. The van der Waals surface area contributed by atoms with E-state index >= 15 is 0 Å². The van der Waals surface area contributed by atoms with Gasteiger partial charge < -0.3 is 10.2 Å². The van der Waals surface area contributed by atoms with E-state index in [-0.39, 0.29) is 12.8 Å². The summed E-state index contributed by atoms with van der Waals surface area (Å²) in [6.07, 6.45) is 0.565. The molecular formula is C18H18O5P+. The van der Waals surface area contributed by atoms with Gasteiger partial charge in [-0.1, -0.05) is 41.0 Å². The normalized spacial score (nSPS) is 10.3. The molecule has 2 N–H and O–H groups in total. The van der Waals surface area contributed by atoms with Gasteiger partial charge in [0.05, 0.1) is 0 Å².